The molecular weight excluding hydrogens is 242 g/mol. The number of aromatic nitrogens is 2. The van der Waals surface area contributed by atoms with Crippen molar-refractivity contribution in [3.8, 4) is 10.6 Å². The molecule has 0 saturated carbocycles. The van der Waals surface area contributed by atoms with Crippen molar-refractivity contribution in [2.24, 2.45) is 0 Å². The van der Waals surface area contributed by atoms with Crippen molar-refractivity contribution in [3.63, 3.8) is 0 Å². The Balaban J connectivity index is 2.18. The molecule has 1 aromatic carbocycles. The number of halogens is 1. The Morgan fingerprint density at radius 2 is 2.25 bits per heavy atom. The summed E-state index contributed by atoms with van der Waals surface area (Å²) in [6.07, 6.45) is 0. The Morgan fingerprint density at radius 1 is 1.38 bits per heavy atom. The highest BCUT2D eigenvalue weighted by molar-refractivity contribution is 7.14. The van der Waals surface area contributed by atoms with Crippen LogP contribution in [0.1, 0.15) is 11.9 Å². The Bertz CT molecular complexity index is 470. The highest BCUT2D eigenvalue weighted by Gasteiger charge is 2.06. The lowest BCUT2D eigenvalue weighted by atomic mass is 10.2. The molecule has 5 heteroatoms. The molecule has 0 unspecified atom stereocenters. The monoisotopic (exact) mass is 253 g/mol. The minimum absolute atomic E-state index is 0.723. The summed E-state index contributed by atoms with van der Waals surface area (Å²) in [5.74, 6) is 0. The van der Waals surface area contributed by atoms with Crippen LogP contribution in [0.5, 0.6) is 0 Å². The van der Waals surface area contributed by atoms with Crippen molar-refractivity contribution in [1.82, 2.24) is 15.5 Å². The third-order valence-corrected chi connectivity index (χ3v) is 3.27. The molecular formula is C11H12ClN3S. The van der Waals surface area contributed by atoms with Crippen molar-refractivity contribution in [2.45, 2.75) is 13.5 Å². The van der Waals surface area contributed by atoms with E-state index in [9.17, 15) is 0 Å². The van der Waals surface area contributed by atoms with Gasteiger partial charge in [-0.2, -0.15) is 0 Å². The SMILES string of the molecule is CCNCc1nnc(-c2cccc(Cl)c2)s1. The van der Waals surface area contributed by atoms with E-state index in [0.717, 1.165) is 33.7 Å². The van der Waals surface area contributed by atoms with Crippen LogP contribution in [0.2, 0.25) is 5.02 Å². The summed E-state index contributed by atoms with van der Waals surface area (Å²) in [4.78, 5) is 0. The van der Waals surface area contributed by atoms with Crippen molar-refractivity contribution < 1.29 is 0 Å². The van der Waals surface area contributed by atoms with E-state index in [0.29, 0.717) is 0 Å². The van der Waals surface area contributed by atoms with Crippen LogP contribution < -0.4 is 5.32 Å². The summed E-state index contributed by atoms with van der Waals surface area (Å²) < 4.78 is 0. The fourth-order valence-corrected chi connectivity index (χ4v) is 2.29. The maximum atomic E-state index is 5.93. The molecule has 0 aliphatic rings. The van der Waals surface area contributed by atoms with Crippen LogP contribution in [0, 0.1) is 0 Å². The Kier molecular flexibility index (Phi) is 3.88. The molecule has 0 saturated heterocycles. The maximum Gasteiger partial charge on any atom is 0.147 e. The lowest BCUT2D eigenvalue weighted by Gasteiger charge is -1.95. The molecule has 1 N–H and O–H groups in total. The van der Waals surface area contributed by atoms with Crippen LogP contribution in [-0.4, -0.2) is 16.7 Å². The normalized spacial score (nSPS) is 10.6. The topological polar surface area (TPSA) is 37.8 Å². The highest BCUT2D eigenvalue weighted by atomic mass is 35.5. The standard InChI is InChI=1S/C11H12ClN3S/c1-2-13-7-10-14-15-11(16-10)8-4-3-5-9(12)6-8/h3-6,13H,2,7H2,1H3. The summed E-state index contributed by atoms with van der Waals surface area (Å²) in [6, 6.07) is 7.66. The number of nitrogens with one attached hydrogen (secondary N) is 1. The summed E-state index contributed by atoms with van der Waals surface area (Å²) in [7, 11) is 0. The van der Waals surface area contributed by atoms with Gasteiger partial charge >= 0.3 is 0 Å². The second-order valence-electron chi connectivity index (χ2n) is 3.29. The van der Waals surface area contributed by atoms with E-state index in [1.807, 2.05) is 24.3 Å². The molecule has 1 heterocycles. The molecule has 0 aliphatic carbocycles. The molecule has 3 nitrogen and oxygen atoms in total. The average molecular weight is 254 g/mol. The zero-order valence-electron chi connectivity index (χ0n) is 8.90. The van der Waals surface area contributed by atoms with E-state index in [2.05, 4.69) is 22.4 Å². The van der Waals surface area contributed by atoms with Gasteiger partial charge in [-0.05, 0) is 18.7 Å². The van der Waals surface area contributed by atoms with Crippen LogP contribution in [0.3, 0.4) is 0 Å². The minimum atomic E-state index is 0.723. The van der Waals surface area contributed by atoms with Gasteiger partial charge in [0.1, 0.15) is 10.0 Å². The van der Waals surface area contributed by atoms with Crippen molar-refractivity contribution in [2.75, 3.05) is 6.54 Å². The zero-order valence-corrected chi connectivity index (χ0v) is 10.5. The number of rotatable bonds is 4. The van der Waals surface area contributed by atoms with Gasteiger partial charge in [0, 0.05) is 17.1 Å². The molecule has 0 radical (unpaired) electrons. The lowest BCUT2D eigenvalue weighted by Crippen LogP contribution is -2.11. The summed E-state index contributed by atoms with van der Waals surface area (Å²) in [5.41, 5.74) is 1.02. The van der Waals surface area contributed by atoms with E-state index in [-0.39, 0.29) is 0 Å². The second kappa shape index (κ2) is 5.39. The van der Waals surface area contributed by atoms with Gasteiger partial charge in [-0.1, -0.05) is 42.0 Å². The molecule has 0 spiro atoms. The molecule has 0 atom stereocenters. The van der Waals surface area contributed by atoms with E-state index in [4.69, 9.17) is 11.6 Å². The first kappa shape index (κ1) is 11.5. The van der Waals surface area contributed by atoms with Crippen molar-refractivity contribution in [1.29, 1.82) is 0 Å². The van der Waals surface area contributed by atoms with Gasteiger partial charge in [-0.15, -0.1) is 10.2 Å². The van der Waals surface area contributed by atoms with Gasteiger partial charge in [0.15, 0.2) is 0 Å². The summed E-state index contributed by atoms with van der Waals surface area (Å²) >= 11 is 7.52. The molecule has 1 aromatic heterocycles. The van der Waals surface area contributed by atoms with E-state index in [1.54, 1.807) is 11.3 Å². The largest absolute Gasteiger partial charge is 0.311 e. The fourth-order valence-electron chi connectivity index (χ4n) is 1.30. The zero-order chi connectivity index (χ0) is 11.4. The number of hydrogen-bond acceptors (Lipinski definition) is 4. The third kappa shape index (κ3) is 2.78. The Labute approximate surface area is 103 Å². The van der Waals surface area contributed by atoms with Gasteiger partial charge in [0.05, 0.1) is 0 Å². The summed E-state index contributed by atoms with van der Waals surface area (Å²) in [5, 5.41) is 14.1. The first-order valence-electron chi connectivity index (χ1n) is 5.08. The molecule has 2 aromatic rings. The summed E-state index contributed by atoms with van der Waals surface area (Å²) in [6.45, 7) is 3.78. The third-order valence-electron chi connectivity index (χ3n) is 2.06. The van der Waals surface area contributed by atoms with Crippen LogP contribution >= 0.6 is 22.9 Å². The number of nitrogens with zero attached hydrogens (tertiary/aromatic N) is 2. The lowest BCUT2D eigenvalue weighted by molar-refractivity contribution is 0.715. The molecule has 84 valence electrons. The molecule has 0 fully saturated rings. The van der Waals surface area contributed by atoms with Gasteiger partial charge in [-0.25, -0.2) is 0 Å². The molecule has 0 aliphatic heterocycles. The Morgan fingerprint density at radius 3 is 3.00 bits per heavy atom. The predicted molar refractivity (Wildman–Crippen MR) is 67.7 cm³/mol. The number of benzene rings is 1. The van der Waals surface area contributed by atoms with Gasteiger partial charge < -0.3 is 5.32 Å². The maximum absolute atomic E-state index is 5.93. The minimum Gasteiger partial charge on any atom is -0.311 e. The first-order chi connectivity index (χ1) is 7.79. The highest BCUT2D eigenvalue weighted by Crippen LogP contribution is 2.25. The van der Waals surface area contributed by atoms with Crippen LogP contribution in [0.25, 0.3) is 10.6 Å². The molecule has 0 bridgehead atoms. The smallest absolute Gasteiger partial charge is 0.147 e. The average Bonchev–Trinajstić information content (AvgIpc) is 2.75. The first-order valence-corrected chi connectivity index (χ1v) is 6.28. The van der Waals surface area contributed by atoms with E-state index in [1.165, 1.54) is 0 Å². The van der Waals surface area contributed by atoms with Gasteiger partial charge in [0.2, 0.25) is 0 Å². The fraction of sp³-hybridized carbons (Fsp3) is 0.273. The van der Waals surface area contributed by atoms with Crippen LogP contribution in [-0.2, 0) is 6.54 Å². The van der Waals surface area contributed by atoms with Crippen LogP contribution in [0.15, 0.2) is 24.3 Å². The number of hydrogen-bond donors (Lipinski definition) is 1. The van der Waals surface area contributed by atoms with Gasteiger partial charge in [0.25, 0.3) is 0 Å². The quantitative estimate of drug-likeness (QED) is 0.910. The van der Waals surface area contributed by atoms with Crippen molar-refractivity contribution >= 4 is 22.9 Å². The van der Waals surface area contributed by atoms with Gasteiger partial charge in [-0.3, -0.25) is 0 Å². The molecule has 16 heavy (non-hydrogen) atoms. The van der Waals surface area contributed by atoms with Crippen molar-refractivity contribution in [3.05, 3.63) is 34.3 Å². The molecule has 0 amide bonds. The van der Waals surface area contributed by atoms with Crippen LogP contribution in [0.4, 0.5) is 0 Å². The Hall–Kier alpha value is -0.970. The van der Waals surface area contributed by atoms with E-state index < -0.39 is 0 Å². The second-order valence-corrected chi connectivity index (χ2v) is 4.79. The predicted octanol–water partition coefficient (Wildman–Crippen LogP) is 2.97. The molecule has 2 rings (SSSR count). The van der Waals surface area contributed by atoms with E-state index >= 15 is 0 Å².